The summed E-state index contributed by atoms with van der Waals surface area (Å²) in [5.41, 5.74) is -1.14. The molecule has 1 spiro atoms. The number of unbranched alkanes of at least 4 members (excludes halogenated alkanes) is 3. The first-order valence-corrected chi connectivity index (χ1v) is 17.5. The predicted molar refractivity (Wildman–Crippen MR) is 181 cm³/mol. The van der Waals surface area contributed by atoms with Gasteiger partial charge in [0.05, 0.1) is 24.0 Å². The zero-order valence-corrected chi connectivity index (χ0v) is 29.2. The number of carbonyl (C=O) groups excluding carboxylic acids is 4. The van der Waals surface area contributed by atoms with Crippen molar-refractivity contribution in [2.45, 2.75) is 109 Å². The molecular formula is C38H53N3O7. The van der Waals surface area contributed by atoms with Gasteiger partial charge < -0.3 is 29.7 Å². The van der Waals surface area contributed by atoms with E-state index in [1.807, 2.05) is 47.4 Å². The van der Waals surface area contributed by atoms with Crippen LogP contribution in [0.4, 0.5) is 0 Å². The molecule has 10 nitrogen and oxygen atoms in total. The molecule has 0 saturated carbocycles. The van der Waals surface area contributed by atoms with E-state index in [1.54, 1.807) is 17.1 Å². The lowest BCUT2D eigenvalue weighted by molar-refractivity contribution is -0.152. The first-order valence-electron chi connectivity index (χ1n) is 17.5. The first kappa shape index (κ1) is 35.8. The maximum Gasteiger partial charge on any atom is 0.306 e. The Kier molecular flexibility index (Phi) is 10.8. The maximum atomic E-state index is 14.9. The van der Waals surface area contributed by atoms with E-state index in [9.17, 15) is 24.3 Å². The molecule has 0 bridgehead atoms. The van der Waals surface area contributed by atoms with Gasteiger partial charge >= 0.3 is 5.97 Å². The van der Waals surface area contributed by atoms with Gasteiger partial charge in [-0.25, -0.2) is 0 Å². The molecule has 262 valence electrons. The van der Waals surface area contributed by atoms with Gasteiger partial charge in [0.1, 0.15) is 18.2 Å². The van der Waals surface area contributed by atoms with Gasteiger partial charge in [-0.15, -0.1) is 0 Å². The number of aliphatic hydroxyl groups is 1. The second-order valence-electron chi connectivity index (χ2n) is 15.5. The van der Waals surface area contributed by atoms with Crippen molar-refractivity contribution in [2.24, 2.45) is 17.3 Å². The third-order valence-electron chi connectivity index (χ3n) is 10.1. The van der Waals surface area contributed by atoms with Crippen molar-refractivity contribution in [1.29, 1.82) is 0 Å². The summed E-state index contributed by atoms with van der Waals surface area (Å²) >= 11 is 0. The van der Waals surface area contributed by atoms with Crippen LogP contribution in [-0.2, 0) is 28.7 Å². The number of ether oxygens (including phenoxy) is 2. The van der Waals surface area contributed by atoms with Crippen molar-refractivity contribution < 1.29 is 33.8 Å². The van der Waals surface area contributed by atoms with Crippen LogP contribution in [-0.4, -0.2) is 88.2 Å². The van der Waals surface area contributed by atoms with Crippen LogP contribution in [0.2, 0.25) is 0 Å². The second kappa shape index (κ2) is 14.5. The Balaban J connectivity index is 1.56. The summed E-state index contributed by atoms with van der Waals surface area (Å²) < 4.78 is 12.4. The molecule has 2 saturated heterocycles. The van der Waals surface area contributed by atoms with Crippen LogP contribution in [0.15, 0.2) is 54.6 Å². The lowest BCUT2D eigenvalue weighted by atomic mass is 9.77. The van der Waals surface area contributed by atoms with Gasteiger partial charge in [-0.05, 0) is 50.5 Å². The maximum absolute atomic E-state index is 14.9. The van der Waals surface area contributed by atoms with Crippen molar-refractivity contribution in [1.82, 2.24) is 15.1 Å². The van der Waals surface area contributed by atoms with Gasteiger partial charge in [0.15, 0.2) is 0 Å². The molecular weight excluding hydrogens is 610 g/mol. The average Bonchev–Trinajstić information content (AvgIpc) is 3.39. The van der Waals surface area contributed by atoms with Gasteiger partial charge in [0.2, 0.25) is 17.7 Å². The summed E-state index contributed by atoms with van der Waals surface area (Å²) in [4.78, 5) is 60.1. The fourth-order valence-electron chi connectivity index (χ4n) is 8.36. The number of fused-ring (bicyclic) bond motifs is 2. The number of likely N-dealkylation sites (tertiary alicyclic amines) is 1. The van der Waals surface area contributed by atoms with Gasteiger partial charge in [-0.3, -0.25) is 19.2 Å². The lowest BCUT2D eigenvalue weighted by Gasteiger charge is -2.44. The van der Waals surface area contributed by atoms with Crippen LogP contribution in [0, 0.1) is 17.3 Å². The number of carbonyl (C=O) groups is 4. The molecule has 1 aromatic rings. The standard InChI is InChI=1S/C38H53N3O7/c1-36(2,3)25-37(4,5)41-22-15-20-38-31(34(45)40(32(38)35(41)46)21-13-6-7-14-23-42)30-28(48-38)18-11-12-19-29(43)47-24-27(39-33(30)44)26-16-9-8-10-17-26/h8-11,15-18,20,27-28,30-32,42H,6-7,12-14,19,21-25H2,1-5H3,(H,39,44)/b18-11-/t27-,28+,30-,31-,32+,38-/m1/s1. The van der Waals surface area contributed by atoms with Crippen LogP contribution < -0.4 is 5.32 Å². The number of aliphatic hydroxyl groups excluding tert-OH is 1. The highest BCUT2D eigenvalue weighted by Crippen LogP contribution is 2.53. The Bertz CT molecular complexity index is 1400. The molecule has 3 amide bonds. The minimum atomic E-state index is -1.35. The van der Waals surface area contributed by atoms with E-state index in [1.165, 1.54) is 0 Å². The zero-order chi connectivity index (χ0) is 34.7. The summed E-state index contributed by atoms with van der Waals surface area (Å²) in [6.45, 7) is 11.4. The van der Waals surface area contributed by atoms with Crippen LogP contribution in [0.5, 0.6) is 0 Å². The molecule has 48 heavy (non-hydrogen) atoms. The number of rotatable bonds is 9. The molecule has 5 rings (SSSR count). The van der Waals surface area contributed by atoms with E-state index >= 15 is 0 Å². The Morgan fingerprint density at radius 2 is 1.69 bits per heavy atom. The summed E-state index contributed by atoms with van der Waals surface area (Å²) in [5, 5.41) is 12.4. The Labute approximate surface area is 284 Å². The predicted octanol–water partition coefficient (Wildman–Crippen LogP) is 4.48. The minimum absolute atomic E-state index is 0.0426. The molecule has 0 aliphatic carbocycles. The smallest absolute Gasteiger partial charge is 0.306 e. The van der Waals surface area contributed by atoms with E-state index in [-0.39, 0.29) is 48.7 Å². The minimum Gasteiger partial charge on any atom is -0.463 e. The summed E-state index contributed by atoms with van der Waals surface area (Å²) in [5.74, 6) is -3.03. The molecule has 4 heterocycles. The number of benzene rings is 1. The van der Waals surface area contributed by atoms with E-state index in [0.717, 1.165) is 24.8 Å². The fraction of sp³-hybridized carbons (Fsp3) is 0.632. The van der Waals surface area contributed by atoms with Crippen molar-refractivity contribution in [2.75, 3.05) is 26.3 Å². The molecule has 2 fully saturated rings. The number of hydrogen-bond acceptors (Lipinski definition) is 7. The van der Waals surface area contributed by atoms with Crippen LogP contribution >= 0.6 is 0 Å². The largest absolute Gasteiger partial charge is 0.463 e. The van der Waals surface area contributed by atoms with E-state index in [4.69, 9.17) is 9.47 Å². The number of amides is 3. The normalized spacial score (nSPS) is 30.4. The monoisotopic (exact) mass is 663 g/mol. The highest BCUT2D eigenvalue weighted by Gasteiger charge is 2.71. The third-order valence-corrected chi connectivity index (χ3v) is 10.1. The molecule has 0 unspecified atom stereocenters. The van der Waals surface area contributed by atoms with Gasteiger partial charge in [-0.2, -0.15) is 0 Å². The molecule has 2 N–H and O–H groups in total. The molecule has 0 aromatic heterocycles. The second-order valence-corrected chi connectivity index (χ2v) is 15.5. The van der Waals surface area contributed by atoms with Crippen molar-refractivity contribution in [3.8, 4) is 0 Å². The quantitative estimate of drug-likeness (QED) is 0.227. The topological polar surface area (TPSA) is 125 Å². The summed E-state index contributed by atoms with van der Waals surface area (Å²) in [7, 11) is 0. The molecule has 6 atom stereocenters. The highest BCUT2D eigenvalue weighted by atomic mass is 16.5. The van der Waals surface area contributed by atoms with Crippen LogP contribution in [0.25, 0.3) is 0 Å². The number of hydrogen-bond donors (Lipinski definition) is 2. The number of allylic oxidation sites excluding steroid dienone is 1. The molecule has 1 aromatic carbocycles. The number of nitrogens with one attached hydrogen (secondary N) is 1. The molecule has 0 radical (unpaired) electrons. The number of nitrogens with zero attached hydrogens (tertiary/aromatic N) is 2. The molecule has 4 aliphatic heterocycles. The summed E-state index contributed by atoms with van der Waals surface area (Å²) in [6.07, 6.45) is 10.9. The van der Waals surface area contributed by atoms with Crippen molar-refractivity contribution in [3.05, 3.63) is 60.2 Å². The molecule has 10 heteroatoms. The van der Waals surface area contributed by atoms with E-state index in [2.05, 4.69) is 39.9 Å². The van der Waals surface area contributed by atoms with Crippen molar-refractivity contribution in [3.63, 3.8) is 0 Å². The fourth-order valence-corrected chi connectivity index (χ4v) is 8.36. The lowest BCUT2D eigenvalue weighted by Crippen LogP contribution is -2.59. The van der Waals surface area contributed by atoms with Gasteiger partial charge in [0, 0.05) is 31.7 Å². The zero-order valence-electron chi connectivity index (χ0n) is 29.2. The number of esters is 1. The van der Waals surface area contributed by atoms with E-state index in [0.29, 0.717) is 32.4 Å². The van der Waals surface area contributed by atoms with Gasteiger partial charge in [0.25, 0.3) is 0 Å². The Morgan fingerprint density at radius 1 is 0.958 bits per heavy atom. The van der Waals surface area contributed by atoms with Crippen LogP contribution in [0.1, 0.15) is 91.2 Å². The number of cyclic esters (lactones) is 1. The van der Waals surface area contributed by atoms with Crippen molar-refractivity contribution >= 4 is 23.7 Å². The average molecular weight is 664 g/mol. The first-order chi connectivity index (χ1) is 22.8. The Morgan fingerprint density at radius 3 is 2.40 bits per heavy atom. The third kappa shape index (κ3) is 7.39. The highest BCUT2D eigenvalue weighted by molar-refractivity contribution is 6.00. The summed E-state index contributed by atoms with van der Waals surface area (Å²) in [6, 6.07) is 7.76. The molecule has 4 aliphatic rings. The Hall–Kier alpha value is -3.50. The van der Waals surface area contributed by atoms with Crippen LogP contribution in [0.3, 0.4) is 0 Å². The van der Waals surface area contributed by atoms with E-state index < -0.39 is 41.2 Å². The van der Waals surface area contributed by atoms with Gasteiger partial charge in [-0.1, -0.05) is 88.2 Å². The SMILES string of the molecule is CC(C)(C)CC(C)(C)N1CC=C[C@@]23O[C@H]4/C=C\CCC(=O)OC[C@H](c5ccccc5)NC(=O)[C@H]4[C@@H]2C(=O)N(CCCCCCO)[C@H]3C1=O.